The normalized spacial score (nSPS) is 20.8. The first-order valence-electron chi connectivity index (χ1n) is 7.12. The van der Waals surface area contributed by atoms with E-state index in [-0.39, 0.29) is 5.91 Å². The van der Waals surface area contributed by atoms with E-state index < -0.39 is 0 Å². The molecule has 0 radical (unpaired) electrons. The van der Waals surface area contributed by atoms with E-state index in [0.717, 1.165) is 12.8 Å². The predicted octanol–water partition coefficient (Wildman–Crippen LogP) is 3.80. The van der Waals surface area contributed by atoms with Crippen LogP contribution in [0.5, 0.6) is 0 Å². The molecule has 2 heteroatoms. The van der Waals surface area contributed by atoms with Crippen LogP contribution in [0, 0.1) is 0 Å². The summed E-state index contributed by atoms with van der Waals surface area (Å²) in [5.41, 5.74) is 0. The van der Waals surface area contributed by atoms with Crippen molar-refractivity contribution in [2.45, 2.75) is 83.6 Å². The highest BCUT2D eigenvalue weighted by Gasteiger charge is 2.16. The molecule has 0 aromatic carbocycles. The molecule has 0 aliphatic carbocycles. The van der Waals surface area contributed by atoms with E-state index in [0.29, 0.717) is 6.04 Å². The smallest absolute Gasteiger partial charge is 0.220 e. The fraction of sp³-hybridized carbons (Fsp3) is 0.929. The predicted molar refractivity (Wildman–Crippen MR) is 68.4 cm³/mol. The lowest BCUT2D eigenvalue weighted by atomic mass is 9.98. The molecule has 1 unspecified atom stereocenters. The number of amides is 1. The zero-order valence-corrected chi connectivity index (χ0v) is 10.8. The van der Waals surface area contributed by atoms with Crippen molar-refractivity contribution in [1.29, 1.82) is 0 Å². The third kappa shape index (κ3) is 6.14. The van der Waals surface area contributed by atoms with Crippen LogP contribution in [-0.2, 0) is 4.79 Å². The van der Waals surface area contributed by atoms with E-state index in [9.17, 15) is 4.79 Å². The Labute approximate surface area is 100 Å². The van der Waals surface area contributed by atoms with Crippen LogP contribution < -0.4 is 5.32 Å². The quantitative estimate of drug-likeness (QED) is 0.626. The van der Waals surface area contributed by atoms with Gasteiger partial charge in [0.05, 0.1) is 0 Å². The highest BCUT2D eigenvalue weighted by atomic mass is 16.1. The van der Waals surface area contributed by atoms with Crippen LogP contribution in [0.2, 0.25) is 0 Å². The topological polar surface area (TPSA) is 29.1 Å². The summed E-state index contributed by atoms with van der Waals surface area (Å²) in [6, 6.07) is 0.483. The largest absolute Gasteiger partial charge is 0.353 e. The molecule has 1 rings (SSSR count). The van der Waals surface area contributed by atoms with Crippen molar-refractivity contribution in [3.05, 3.63) is 0 Å². The minimum Gasteiger partial charge on any atom is -0.353 e. The third-order valence-corrected chi connectivity index (χ3v) is 3.48. The van der Waals surface area contributed by atoms with Gasteiger partial charge in [-0.2, -0.15) is 0 Å². The van der Waals surface area contributed by atoms with Gasteiger partial charge in [0.25, 0.3) is 0 Å². The zero-order valence-electron chi connectivity index (χ0n) is 10.8. The van der Waals surface area contributed by atoms with E-state index in [4.69, 9.17) is 0 Å². The molecule has 0 spiro atoms. The number of hydrogen-bond acceptors (Lipinski definition) is 1. The molecule has 1 atom stereocenters. The van der Waals surface area contributed by atoms with E-state index in [1.807, 2.05) is 0 Å². The van der Waals surface area contributed by atoms with Gasteiger partial charge in [-0.1, -0.05) is 51.9 Å². The average Bonchev–Trinajstić information content (AvgIpc) is 2.28. The van der Waals surface area contributed by atoms with Crippen LogP contribution in [0.4, 0.5) is 0 Å². The summed E-state index contributed by atoms with van der Waals surface area (Å²) < 4.78 is 0. The molecule has 2 nitrogen and oxygen atoms in total. The minimum atomic E-state index is 0.263. The van der Waals surface area contributed by atoms with Gasteiger partial charge >= 0.3 is 0 Å². The summed E-state index contributed by atoms with van der Waals surface area (Å²) in [4.78, 5) is 11.2. The van der Waals surface area contributed by atoms with Gasteiger partial charge in [-0.15, -0.1) is 0 Å². The lowest BCUT2D eigenvalue weighted by Crippen LogP contribution is -2.38. The standard InChI is InChI=1S/C14H27NO/c1-2-3-4-5-6-7-8-10-13-11-9-12-14(16)15-13/h13H,2-12H2,1H3,(H,15,16). The zero-order chi connectivity index (χ0) is 11.6. The molecule has 0 bridgehead atoms. The molecule has 1 heterocycles. The molecule has 1 fully saturated rings. The van der Waals surface area contributed by atoms with Crippen molar-refractivity contribution in [2.75, 3.05) is 0 Å². The number of rotatable bonds is 8. The van der Waals surface area contributed by atoms with Gasteiger partial charge in [0, 0.05) is 12.5 Å². The first-order chi connectivity index (χ1) is 7.83. The SMILES string of the molecule is CCCCCCCCCC1CCCC(=O)N1. The molecule has 94 valence electrons. The number of unbranched alkanes of at least 4 members (excludes halogenated alkanes) is 6. The lowest BCUT2D eigenvalue weighted by Gasteiger charge is -2.23. The van der Waals surface area contributed by atoms with E-state index in [2.05, 4.69) is 12.2 Å². The Morgan fingerprint density at radius 1 is 1.12 bits per heavy atom. The van der Waals surface area contributed by atoms with E-state index in [1.54, 1.807) is 0 Å². The maximum Gasteiger partial charge on any atom is 0.220 e. The fourth-order valence-corrected chi connectivity index (χ4v) is 2.45. The number of carbonyl (C=O) groups excluding carboxylic acids is 1. The van der Waals surface area contributed by atoms with Gasteiger partial charge in [-0.25, -0.2) is 0 Å². The van der Waals surface area contributed by atoms with Gasteiger partial charge in [-0.05, 0) is 19.3 Å². The molecule has 16 heavy (non-hydrogen) atoms. The highest BCUT2D eigenvalue weighted by molar-refractivity contribution is 5.76. The Morgan fingerprint density at radius 2 is 1.81 bits per heavy atom. The maximum absolute atomic E-state index is 11.2. The summed E-state index contributed by atoms with van der Waals surface area (Å²) >= 11 is 0. The van der Waals surface area contributed by atoms with Crippen LogP contribution in [0.15, 0.2) is 0 Å². The molecule has 1 aliphatic rings. The van der Waals surface area contributed by atoms with Crippen molar-refractivity contribution in [2.24, 2.45) is 0 Å². The van der Waals surface area contributed by atoms with Gasteiger partial charge < -0.3 is 5.32 Å². The van der Waals surface area contributed by atoms with E-state index >= 15 is 0 Å². The van der Waals surface area contributed by atoms with Gasteiger partial charge in [-0.3, -0.25) is 4.79 Å². The molecule has 1 amide bonds. The van der Waals surface area contributed by atoms with Crippen LogP contribution in [-0.4, -0.2) is 11.9 Å². The average molecular weight is 225 g/mol. The molecular weight excluding hydrogens is 198 g/mol. The summed E-state index contributed by atoms with van der Waals surface area (Å²) in [6.07, 6.45) is 13.7. The molecule has 0 saturated carbocycles. The summed E-state index contributed by atoms with van der Waals surface area (Å²) in [6.45, 7) is 2.26. The number of carbonyl (C=O) groups is 1. The maximum atomic E-state index is 11.2. The fourth-order valence-electron chi connectivity index (χ4n) is 2.45. The van der Waals surface area contributed by atoms with Crippen LogP contribution in [0.1, 0.15) is 77.6 Å². The lowest BCUT2D eigenvalue weighted by molar-refractivity contribution is -0.123. The van der Waals surface area contributed by atoms with Crippen molar-refractivity contribution >= 4 is 5.91 Å². The Morgan fingerprint density at radius 3 is 2.50 bits per heavy atom. The molecule has 1 N–H and O–H groups in total. The molecule has 1 aliphatic heterocycles. The second kappa shape index (κ2) is 8.60. The monoisotopic (exact) mass is 225 g/mol. The number of hydrogen-bond donors (Lipinski definition) is 1. The molecular formula is C14H27NO. The van der Waals surface area contributed by atoms with Crippen molar-refractivity contribution in [3.63, 3.8) is 0 Å². The summed E-state index contributed by atoms with van der Waals surface area (Å²) in [7, 11) is 0. The Kier molecular flexibility index (Phi) is 7.28. The van der Waals surface area contributed by atoms with Crippen LogP contribution in [0.3, 0.4) is 0 Å². The summed E-state index contributed by atoms with van der Waals surface area (Å²) in [5, 5.41) is 3.09. The van der Waals surface area contributed by atoms with Crippen molar-refractivity contribution in [1.82, 2.24) is 5.32 Å². The number of piperidine rings is 1. The first-order valence-corrected chi connectivity index (χ1v) is 7.12. The van der Waals surface area contributed by atoms with Gasteiger partial charge in [0.15, 0.2) is 0 Å². The van der Waals surface area contributed by atoms with Gasteiger partial charge in [0.1, 0.15) is 0 Å². The summed E-state index contributed by atoms with van der Waals surface area (Å²) in [5.74, 6) is 0.263. The highest BCUT2D eigenvalue weighted by Crippen LogP contribution is 2.15. The minimum absolute atomic E-state index is 0.263. The Bertz CT molecular complexity index is 191. The Balaban J connectivity index is 1.88. The van der Waals surface area contributed by atoms with Crippen molar-refractivity contribution in [3.8, 4) is 0 Å². The molecule has 0 aromatic heterocycles. The Hall–Kier alpha value is -0.530. The number of nitrogens with one attached hydrogen (secondary N) is 1. The van der Waals surface area contributed by atoms with Gasteiger partial charge in [0.2, 0.25) is 5.91 Å². The molecule has 1 saturated heterocycles. The first kappa shape index (κ1) is 13.5. The molecule has 0 aromatic rings. The van der Waals surface area contributed by atoms with Crippen molar-refractivity contribution < 1.29 is 4.79 Å². The second-order valence-corrected chi connectivity index (χ2v) is 5.07. The van der Waals surface area contributed by atoms with E-state index in [1.165, 1.54) is 57.8 Å². The second-order valence-electron chi connectivity index (χ2n) is 5.07. The van der Waals surface area contributed by atoms with Crippen LogP contribution in [0.25, 0.3) is 0 Å². The van der Waals surface area contributed by atoms with Crippen LogP contribution >= 0.6 is 0 Å². The third-order valence-electron chi connectivity index (χ3n) is 3.48.